The first-order chi connectivity index (χ1) is 10.8. The fourth-order valence-electron chi connectivity index (χ4n) is 2.89. The van der Waals surface area contributed by atoms with E-state index in [-0.39, 0.29) is 5.54 Å². The number of rotatable bonds is 2. The molecule has 0 spiro atoms. The zero-order valence-electron chi connectivity index (χ0n) is 11.9. The van der Waals surface area contributed by atoms with Gasteiger partial charge in [-0.3, -0.25) is 9.97 Å². The van der Waals surface area contributed by atoms with E-state index < -0.39 is 0 Å². The number of hydrogen-bond acceptors (Lipinski definition) is 2. The molecule has 0 unspecified atom stereocenters. The Kier molecular flexibility index (Phi) is 3.20. The van der Waals surface area contributed by atoms with E-state index in [1.165, 1.54) is 0 Å². The molecular weight excluding hydrogens is 284 g/mol. The third kappa shape index (κ3) is 2.10. The van der Waals surface area contributed by atoms with Crippen molar-refractivity contribution in [3.63, 3.8) is 0 Å². The van der Waals surface area contributed by atoms with Gasteiger partial charge in [0.05, 0.1) is 11.0 Å². The second-order valence-electron chi connectivity index (χ2n) is 5.28. The Bertz CT molecular complexity index is 875. The molecule has 0 saturated carbocycles. The first-order valence-electron chi connectivity index (χ1n) is 7.23. The second kappa shape index (κ2) is 5.35. The predicted molar refractivity (Wildman–Crippen MR) is 91.1 cm³/mol. The highest BCUT2D eigenvalue weighted by atomic mass is 28.1. The first-order valence-corrected chi connectivity index (χ1v) is 7.81. The summed E-state index contributed by atoms with van der Waals surface area (Å²) in [7, 11) is 3.92. The SMILES string of the molecule is [Si]C(c1cccc2cccnc12)c1cccc2cccnc12. The molecule has 0 bridgehead atoms. The predicted octanol–water partition coefficient (Wildman–Crippen LogP) is 4.04. The van der Waals surface area contributed by atoms with Crippen molar-refractivity contribution in [3.05, 3.63) is 84.2 Å². The Labute approximate surface area is 132 Å². The van der Waals surface area contributed by atoms with Gasteiger partial charge in [0.15, 0.2) is 0 Å². The molecule has 2 heterocycles. The number of aromatic nitrogens is 2. The molecule has 22 heavy (non-hydrogen) atoms. The summed E-state index contributed by atoms with van der Waals surface area (Å²) in [4.78, 5) is 9.11. The zero-order chi connectivity index (χ0) is 14.9. The standard InChI is InChI=1S/C19H13N2Si/c22-19(15-9-1-5-13-7-3-11-20-17(13)15)16-10-2-6-14-8-4-12-21-18(14)16/h1-12,19H. The summed E-state index contributed by atoms with van der Waals surface area (Å²) in [6, 6.07) is 20.7. The van der Waals surface area contributed by atoms with Crippen LogP contribution in [0, 0.1) is 0 Å². The average Bonchev–Trinajstić information content (AvgIpc) is 2.60. The highest BCUT2D eigenvalue weighted by Gasteiger charge is 2.15. The van der Waals surface area contributed by atoms with E-state index in [1.807, 2.05) is 24.5 Å². The van der Waals surface area contributed by atoms with Crippen LogP contribution in [-0.2, 0) is 0 Å². The van der Waals surface area contributed by atoms with Crippen molar-refractivity contribution in [2.75, 3.05) is 0 Å². The smallest absolute Gasteiger partial charge is 0.0736 e. The van der Waals surface area contributed by atoms with E-state index >= 15 is 0 Å². The van der Waals surface area contributed by atoms with Crippen LogP contribution in [0.25, 0.3) is 21.8 Å². The van der Waals surface area contributed by atoms with Crippen LogP contribution in [0.5, 0.6) is 0 Å². The highest BCUT2D eigenvalue weighted by molar-refractivity contribution is 6.17. The number of pyridine rings is 2. The maximum absolute atomic E-state index is 4.56. The third-order valence-corrected chi connectivity index (χ3v) is 4.57. The number of benzene rings is 2. The molecule has 0 saturated heterocycles. The molecule has 0 N–H and O–H groups in total. The second-order valence-corrected chi connectivity index (χ2v) is 5.86. The van der Waals surface area contributed by atoms with Crippen molar-refractivity contribution in [1.29, 1.82) is 0 Å². The van der Waals surface area contributed by atoms with Gasteiger partial charge in [0.2, 0.25) is 0 Å². The fraction of sp³-hybridized carbons (Fsp3) is 0.0526. The highest BCUT2D eigenvalue weighted by Crippen LogP contribution is 2.30. The Hall–Kier alpha value is -2.52. The number of fused-ring (bicyclic) bond motifs is 2. The molecule has 2 nitrogen and oxygen atoms in total. The van der Waals surface area contributed by atoms with Gasteiger partial charge < -0.3 is 0 Å². The third-order valence-electron chi connectivity index (χ3n) is 3.95. The molecule has 2 aromatic heterocycles. The molecule has 103 valence electrons. The largest absolute Gasteiger partial charge is 0.256 e. The van der Waals surface area contributed by atoms with E-state index in [0.717, 1.165) is 32.9 Å². The fourth-order valence-corrected chi connectivity index (χ4v) is 3.35. The van der Waals surface area contributed by atoms with Gasteiger partial charge in [-0.05, 0) is 23.3 Å². The van der Waals surface area contributed by atoms with Gasteiger partial charge in [0.1, 0.15) is 0 Å². The molecule has 0 amide bonds. The molecule has 4 aromatic rings. The monoisotopic (exact) mass is 297 g/mol. The molecule has 0 atom stereocenters. The molecule has 0 aliphatic carbocycles. The van der Waals surface area contributed by atoms with Crippen LogP contribution in [0.15, 0.2) is 73.1 Å². The van der Waals surface area contributed by atoms with Gasteiger partial charge in [-0.15, -0.1) is 0 Å². The lowest BCUT2D eigenvalue weighted by Gasteiger charge is -2.16. The average molecular weight is 297 g/mol. The van der Waals surface area contributed by atoms with Crippen molar-refractivity contribution < 1.29 is 0 Å². The van der Waals surface area contributed by atoms with Crippen LogP contribution >= 0.6 is 0 Å². The molecule has 2 aromatic carbocycles. The lowest BCUT2D eigenvalue weighted by atomic mass is 9.99. The molecule has 3 radical (unpaired) electrons. The quantitative estimate of drug-likeness (QED) is 0.522. The summed E-state index contributed by atoms with van der Waals surface area (Å²) in [5.41, 5.74) is 4.42. The summed E-state index contributed by atoms with van der Waals surface area (Å²) >= 11 is 0. The Morgan fingerprint density at radius 1 is 0.636 bits per heavy atom. The van der Waals surface area contributed by atoms with E-state index in [0.29, 0.717) is 0 Å². The van der Waals surface area contributed by atoms with Crippen molar-refractivity contribution in [1.82, 2.24) is 9.97 Å². The van der Waals surface area contributed by atoms with Gasteiger partial charge >= 0.3 is 0 Å². The van der Waals surface area contributed by atoms with Crippen molar-refractivity contribution in [2.24, 2.45) is 0 Å². The minimum atomic E-state index is 0.0530. The number of hydrogen-bond donors (Lipinski definition) is 0. The van der Waals surface area contributed by atoms with Crippen LogP contribution in [-0.4, -0.2) is 20.2 Å². The summed E-state index contributed by atoms with van der Waals surface area (Å²) < 4.78 is 0. The summed E-state index contributed by atoms with van der Waals surface area (Å²) in [5, 5.41) is 2.30. The number of nitrogens with zero attached hydrogens (tertiary/aromatic N) is 2. The molecule has 0 aliphatic rings. The van der Waals surface area contributed by atoms with Gasteiger partial charge in [-0.1, -0.05) is 48.5 Å². The maximum Gasteiger partial charge on any atom is 0.0736 e. The van der Waals surface area contributed by atoms with Crippen LogP contribution in [0.3, 0.4) is 0 Å². The van der Waals surface area contributed by atoms with Gasteiger partial charge in [0, 0.05) is 38.9 Å². The molecular formula is C19H13N2Si. The molecule has 4 rings (SSSR count). The molecule has 3 heteroatoms. The van der Waals surface area contributed by atoms with Crippen LogP contribution in [0.2, 0.25) is 0 Å². The van der Waals surface area contributed by atoms with Crippen molar-refractivity contribution >= 4 is 32.0 Å². The zero-order valence-corrected chi connectivity index (χ0v) is 12.9. The topological polar surface area (TPSA) is 25.8 Å². The Morgan fingerprint density at radius 2 is 1.09 bits per heavy atom. The summed E-state index contributed by atoms with van der Waals surface area (Å²) in [6.07, 6.45) is 3.68. The van der Waals surface area contributed by atoms with E-state index in [1.54, 1.807) is 0 Å². The normalized spacial score (nSPS) is 11.4. The van der Waals surface area contributed by atoms with Crippen LogP contribution in [0.1, 0.15) is 16.7 Å². The van der Waals surface area contributed by atoms with Crippen molar-refractivity contribution in [2.45, 2.75) is 5.54 Å². The Morgan fingerprint density at radius 3 is 1.59 bits per heavy atom. The van der Waals surface area contributed by atoms with Gasteiger partial charge in [-0.25, -0.2) is 0 Å². The lowest BCUT2D eigenvalue weighted by Crippen LogP contribution is -2.03. The van der Waals surface area contributed by atoms with E-state index in [4.69, 9.17) is 0 Å². The first kappa shape index (κ1) is 13.2. The van der Waals surface area contributed by atoms with E-state index in [2.05, 4.69) is 68.7 Å². The number of para-hydroxylation sites is 2. The van der Waals surface area contributed by atoms with Gasteiger partial charge in [0.25, 0.3) is 0 Å². The minimum Gasteiger partial charge on any atom is -0.256 e. The lowest BCUT2D eigenvalue weighted by molar-refractivity contribution is 1.15. The molecule has 0 fully saturated rings. The summed E-state index contributed by atoms with van der Waals surface area (Å²) in [5.74, 6) is 0. The Balaban J connectivity index is 1.94. The molecule has 0 aliphatic heterocycles. The van der Waals surface area contributed by atoms with E-state index in [9.17, 15) is 0 Å². The summed E-state index contributed by atoms with van der Waals surface area (Å²) in [6.45, 7) is 0. The van der Waals surface area contributed by atoms with Crippen LogP contribution < -0.4 is 0 Å². The van der Waals surface area contributed by atoms with Crippen molar-refractivity contribution in [3.8, 4) is 0 Å². The minimum absolute atomic E-state index is 0.0530. The van der Waals surface area contributed by atoms with Gasteiger partial charge in [-0.2, -0.15) is 0 Å². The van der Waals surface area contributed by atoms with Crippen LogP contribution in [0.4, 0.5) is 0 Å². The maximum atomic E-state index is 4.56.